The summed E-state index contributed by atoms with van der Waals surface area (Å²) >= 11 is 0. The van der Waals surface area contributed by atoms with Crippen molar-refractivity contribution < 1.29 is 14.6 Å². The summed E-state index contributed by atoms with van der Waals surface area (Å²) in [4.78, 5) is 0. The molecule has 1 saturated heterocycles. The second-order valence-electron chi connectivity index (χ2n) is 4.72. The van der Waals surface area contributed by atoms with E-state index in [0.717, 1.165) is 6.42 Å². The van der Waals surface area contributed by atoms with Crippen molar-refractivity contribution >= 4 is 0 Å². The highest BCUT2D eigenvalue weighted by Crippen LogP contribution is 2.28. The number of aliphatic hydroxyl groups excluding tert-OH is 1. The van der Waals surface area contributed by atoms with E-state index in [-0.39, 0.29) is 18.3 Å². The van der Waals surface area contributed by atoms with Gasteiger partial charge in [0, 0.05) is 6.42 Å². The first kappa shape index (κ1) is 12.7. The number of ether oxygens (including phenoxy) is 2. The summed E-state index contributed by atoms with van der Waals surface area (Å²) in [6.45, 7) is 9.48. The molecule has 15 heavy (non-hydrogen) atoms. The smallest absolute Gasteiger partial charge is 0.163 e. The van der Waals surface area contributed by atoms with Crippen molar-refractivity contribution in [3.8, 4) is 0 Å². The summed E-state index contributed by atoms with van der Waals surface area (Å²) < 4.78 is 11.4. The second-order valence-corrected chi connectivity index (χ2v) is 4.72. The molecule has 3 atom stereocenters. The van der Waals surface area contributed by atoms with Crippen LogP contribution < -0.4 is 0 Å². The zero-order chi connectivity index (χ0) is 11.5. The van der Waals surface area contributed by atoms with Gasteiger partial charge in [0.2, 0.25) is 0 Å². The molecule has 0 saturated carbocycles. The van der Waals surface area contributed by atoms with Crippen molar-refractivity contribution in [1.82, 2.24) is 0 Å². The van der Waals surface area contributed by atoms with E-state index in [0.29, 0.717) is 12.8 Å². The normalized spacial score (nSPS) is 32.3. The number of aliphatic hydroxyl groups is 1. The van der Waals surface area contributed by atoms with E-state index in [2.05, 4.69) is 6.58 Å². The summed E-state index contributed by atoms with van der Waals surface area (Å²) in [6.07, 6.45) is 3.77. The van der Waals surface area contributed by atoms with Crippen LogP contribution in [0.2, 0.25) is 0 Å². The predicted octanol–water partition coefficient (Wildman–Crippen LogP) is 2.24. The Labute approximate surface area is 92.1 Å². The zero-order valence-corrected chi connectivity index (χ0v) is 9.90. The number of hydrogen-bond acceptors (Lipinski definition) is 3. The van der Waals surface area contributed by atoms with Crippen LogP contribution >= 0.6 is 0 Å². The Kier molecular flexibility index (Phi) is 4.32. The van der Waals surface area contributed by atoms with Crippen molar-refractivity contribution in [3.05, 3.63) is 12.7 Å². The van der Waals surface area contributed by atoms with Crippen LogP contribution in [-0.2, 0) is 9.47 Å². The third kappa shape index (κ3) is 4.33. The first-order chi connectivity index (χ1) is 6.93. The highest BCUT2D eigenvalue weighted by atomic mass is 16.7. The molecule has 0 spiro atoms. The van der Waals surface area contributed by atoms with Gasteiger partial charge in [0.15, 0.2) is 5.79 Å². The van der Waals surface area contributed by atoms with Gasteiger partial charge in [-0.3, -0.25) is 0 Å². The van der Waals surface area contributed by atoms with E-state index >= 15 is 0 Å². The fourth-order valence-electron chi connectivity index (χ4n) is 2.12. The van der Waals surface area contributed by atoms with Crippen molar-refractivity contribution in [1.29, 1.82) is 0 Å². The van der Waals surface area contributed by atoms with Gasteiger partial charge in [0.1, 0.15) is 0 Å². The van der Waals surface area contributed by atoms with E-state index in [1.807, 2.05) is 20.8 Å². The molecular formula is C12H22O3. The maximum Gasteiger partial charge on any atom is 0.163 e. The third-order valence-electron chi connectivity index (χ3n) is 2.50. The highest BCUT2D eigenvalue weighted by Gasteiger charge is 2.34. The Balaban J connectivity index is 2.44. The first-order valence-corrected chi connectivity index (χ1v) is 5.57. The quantitative estimate of drug-likeness (QED) is 0.729. The molecule has 0 aliphatic carbocycles. The van der Waals surface area contributed by atoms with E-state index in [9.17, 15) is 5.11 Å². The van der Waals surface area contributed by atoms with Crippen LogP contribution in [0, 0.1) is 0 Å². The molecule has 88 valence electrons. The van der Waals surface area contributed by atoms with Gasteiger partial charge in [0.25, 0.3) is 0 Å². The van der Waals surface area contributed by atoms with Crippen LogP contribution in [0.4, 0.5) is 0 Å². The maximum atomic E-state index is 9.67. The van der Waals surface area contributed by atoms with Gasteiger partial charge >= 0.3 is 0 Å². The van der Waals surface area contributed by atoms with Crippen LogP contribution in [0.1, 0.15) is 40.0 Å². The summed E-state index contributed by atoms with van der Waals surface area (Å²) in [5, 5.41) is 9.67. The van der Waals surface area contributed by atoms with Crippen LogP contribution in [0.25, 0.3) is 0 Å². The molecule has 0 aromatic rings. The molecule has 1 N–H and O–H groups in total. The Morgan fingerprint density at radius 1 is 1.53 bits per heavy atom. The molecular weight excluding hydrogens is 192 g/mol. The van der Waals surface area contributed by atoms with Gasteiger partial charge in [-0.05, 0) is 33.6 Å². The molecule has 3 nitrogen and oxygen atoms in total. The Hall–Kier alpha value is -0.380. The molecule has 1 rings (SSSR count). The summed E-state index contributed by atoms with van der Waals surface area (Å²) in [7, 11) is 0. The highest BCUT2D eigenvalue weighted by molar-refractivity contribution is 4.79. The Morgan fingerprint density at radius 3 is 2.73 bits per heavy atom. The van der Waals surface area contributed by atoms with Gasteiger partial charge in [-0.1, -0.05) is 6.08 Å². The standard InChI is InChI=1S/C12H22O3/c1-5-6-10(13)8-11-7-9(2)14-12(3,4)15-11/h5,9-11,13H,1,6-8H2,2-4H3/t9-,10?,11-/m0/s1. The molecule has 0 aromatic heterocycles. The molecule has 1 aliphatic rings. The molecule has 0 radical (unpaired) electrons. The zero-order valence-electron chi connectivity index (χ0n) is 9.90. The second kappa shape index (κ2) is 5.10. The summed E-state index contributed by atoms with van der Waals surface area (Å²) in [5.74, 6) is -0.532. The lowest BCUT2D eigenvalue weighted by molar-refractivity contribution is -0.299. The fraction of sp³-hybridized carbons (Fsp3) is 0.833. The Morgan fingerprint density at radius 2 is 2.20 bits per heavy atom. The monoisotopic (exact) mass is 214 g/mol. The summed E-state index contributed by atoms with van der Waals surface area (Å²) in [6, 6.07) is 0. The molecule has 1 unspecified atom stereocenters. The number of hydrogen-bond donors (Lipinski definition) is 1. The van der Waals surface area contributed by atoms with E-state index < -0.39 is 5.79 Å². The van der Waals surface area contributed by atoms with Gasteiger partial charge < -0.3 is 14.6 Å². The van der Waals surface area contributed by atoms with Gasteiger partial charge in [0.05, 0.1) is 18.3 Å². The van der Waals surface area contributed by atoms with Crippen LogP contribution in [0.5, 0.6) is 0 Å². The van der Waals surface area contributed by atoms with Crippen molar-refractivity contribution in [2.24, 2.45) is 0 Å². The lowest BCUT2D eigenvalue weighted by Crippen LogP contribution is -2.44. The molecule has 3 heteroatoms. The average Bonchev–Trinajstić information content (AvgIpc) is 1.99. The predicted molar refractivity (Wildman–Crippen MR) is 59.6 cm³/mol. The first-order valence-electron chi connectivity index (χ1n) is 5.57. The van der Waals surface area contributed by atoms with Gasteiger partial charge in [-0.15, -0.1) is 6.58 Å². The largest absolute Gasteiger partial charge is 0.393 e. The minimum absolute atomic E-state index is 0.0821. The van der Waals surface area contributed by atoms with Gasteiger partial charge in [-0.25, -0.2) is 0 Å². The number of rotatable bonds is 4. The van der Waals surface area contributed by atoms with Crippen molar-refractivity contribution in [2.45, 2.75) is 64.1 Å². The molecule has 1 heterocycles. The molecule has 1 fully saturated rings. The Bertz CT molecular complexity index is 213. The summed E-state index contributed by atoms with van der Waals surface area (Å²) in [5.41, 5.74) is 0. The fourth-order valence-corrected chi connectivity index (χ4v) is 2.12. The third-order valence-corrected chi connectivity index (χ3v) is 2.50. The van der Waals surface area contributed by atoms with Crippen LogP contribution in [0.15, 0.2) is 12.7 Å². The molecule has 0 amide bonds. The molecule has 0 aromatic carbocycles. The van der Waals surface area contributed by atoms with E-state index in [1.165, 1.54) is 0 Å². The average molecular weight is 214 g/mol. The van der Waals surface area contributed by atoms with E-state index in [1.54, 1.807) is 6.08 Å². The van der Waals surface area contributed by atoms with Crippen molar-refractivity contribution in [3.63, 3.8) is 0 Å². The van der Waals surface area contributed by atoms with Gasteiger partial charge in [-0.2, -0.15) is 0 Å². The van der Waals surface area contributed by atoms with Crippen LogP contribution in [0.3, 0.4) is 0 Å². The topological polar surface area (TPSA) is 38.7 Å². The lowest BCUT2D eigenvalue weighted by Gasteiger charge is -2.40. The SMILES string of the molecule is C=CCC(O)C[C@@H]1C[C@H](C)OC(C)(C)O1. The van der Waals surface area contributed by atoms with Crippen molar-refractivity contribution in [2.75, 3.05) is 0 Å². The maximum absolute atomic E-state index is 9.67. The lowest BCUT2D eigenvalue weighted by atomic mass is 10.0. The molecule has 0 bridgehead atoms. The molecule has 1 aliphatic heterocycles. The van der Waals surface area contributed by atoms with E-state index in [4.69, 9.17) is 9.47 Å². The minimum Gasteiger partial charge on any atom is -0.393 e. The minimum atomic E-state index is -0.532. The van der Waals surface area contributed by atoms with Crippen LogP contribution in [-0.4, -0.2) is 29.2 Å².